The first-order valence-electron chi connectivity index (χ1n) is 9.40. The second-order valence-corrected chi connectivity index (χ2v) is 6.61. The maximum absolute atomic E-state index is 9.72. The SMILES string of the molecule is CCCCCCCCNC(N)=NCC(CC(C)O)c1ccccc1.I. The number of unbranched alkanes of at least 4 members (excludes halogenated alkanes) is 5. The van der Waals surface area contributed by atoms with Gasteiger partial charge in [0.15, 0.2) is 5.96 Å². The Hall–Kier alpha value is -0.820. The Labute approximate surface area is 170 Å². The largest absolute Gasteiger partial charge is 0.393 e. The monoisotopic (exact) mass is 461 g/mol. The predicted octanol–water partition coefficient (Wildman–Crippen LogP) is 4.42. The second-order valence-electron chi connectivity index (χ2n) is 6.61. The van der Waals surface area contributed by atoms with Crippen LogP contribution in [-0.2, 0) is 0 Å². The Bertz CT molecular complexity index is 452. The van der Waals surface area contributed by atoms with E-state index in [0.717, 1.165) is 13.0 Å². The average molecular weight is 461 g/mol. The topological polar surface area (TPSA) is 70.6 Å². The predicted molar refractivity (Wildman–Crippen MR) is 119 cm³/mol. The van der Waals surface area contributed by atoms with Crippen LogP contribution in [0.15, 0.2) is 35.3 Å². The molecular formula is C20H36IN3O. The second kappa shape index (κ2) is 15.4. The fourth-order valence-electron chi connectivity index (χ4n) is 2.84. The van der Waals surface area contributed by atoms with Gasteiger partial charge in [-0.2, -0.15) is 0 Å². The van der Waals surface area contributed by atoms with Gasteiger partial charge >= 0.3 is 0 Å². The van der Waals surface area contributed by atoms with E-state index in [2.05, 4.69) is 29.4 Å². The molecule has 0 aliphatic heterocycles. The van der Waals surface area contributed by atoms with Crippen LogP contribution in [0.2, 0.25) is 0 Å². The van der Waals surface area contributed by atoms with Crippen LogP contribution >= 0.6 is 24.0 Å². The van der Waals surface area contributed by atoms with E-state index in [4.69, 9.17) is 5.73 Å². The van der Waals surface area contributed by atoms with Crippen LogP contribution in [-0.4, -0.2) is 30.3 Å². The lowest BCUT2D eigenvalue weighted by molar-refractivity contribution is 0.175. The smallest absolute Gasteiger partial charge is 0.188 e. The third-order valence-corrected chi connectivity index (χ3v) is 4.22. The van der Waals surface area contributed by atoms with E-state index in [1.54, 1.807) is 0 Å². The molecule has 2 atom stereocenters. The number of nitrogens with two attached hydrogens (primary N) is 1. The van der Waals surface area contributed by atoms with Crippen molar-refractivity contribution in [2.75, 3.05) is 13.1 Å². The molecule has 1 rings (SSSR count). The molecule has 1 aromatic carbocycles. The molecule has 1 aromatic rings. The quantitative estimate of drug-likeness (QED) is 0.187. The van der Waals surface area contributed by atoms with Crippen molar-refractivity contribution in [1.82, 2.24) is 5.32 Å². The Balaban J connectivity index is 0.00000576. The maximum atomic E-state index is 9.72. The molecule has 0 aliphatic carbocycles. The molecule has 0 aromatic heterocycles. The van der Waals surface area contributed by atoms with Crippen LogP contribution in [0.3, 0.4) is 0 Å². The average Bonchev–Trinajstić information content (AvgIpc) is 2.58. The third kappa shape index (κ3) is 12.2. The van der Waals surface area contributed by atoms with Crippen LogP contribution in [0.5, 0.6) is 0 Å². The number of benzene rings is 1. The molecule has 144 valence electrons. The lowest BCUT2D eigenvalue weighted by Crippen LogP contribution is -2.33. The lowest BCUT2D eigenvalue weighted by Gasteiger charge is -2.17. The normalized spacial score (nSPS) is 13.8. The fraction of sp³-hybridized carbons (Fsp3) is 0.650. The number of rotatable bonds is 12. The van der Waals surface area contributed by atoms with E-state index < -0.39 is 0 Å². The number of guanidine groups is 1. The van der Waals surface area contributed by atoms with Crippen molar-refractivity contribution >= 4 is 29.9 Å². The van der Waals surface area contributed by atoms with Crippen molar-refractivity contribution in [1.29, 1.82) is 0 Å². The van der Waals surface area contributed by atoms with Crippen molar-refractivity contribution in [3.8, 4) is 0 Å². The van der Waals surface area contributed by atoms with Gasteiger partial charge in [0.2, 0.25) is 0 Å². The van der Waals surface area contributed by atoms with Gasteiger partial charge in [0.05, 0.1) is 6.10 Å². The standard InChI is InChI=1S/C20H35N3O.HI/c1-3-4-5-6-7-11-14-22-20(21)23-16-19(15-17(2)24)18-12-9-8-10-13-18;/h8-10,12-13,17,19,24H,3-7,11,14-16H2,1-2H3,(H3,21,22,23);1H. The van der Waals surface area contributed by atoms with Crippen molar-refractivity contribution in [3.63, 3.8) is 0 Å². The van der Waals surface area contributed by atoms with Crippen LogP contribution in [0.1, 0.15) is 70.3 Å². The van der Waals surface area contributed by atoms with Gasteiger partial charge in [-0.05, 0) is 25.3 Å². The van der Waals surface area contributed by atoms with Gasteiger partial charge in [-0.15, -0.1) is 24.0 Å². The van der Waals surface area contributed by atoms with E-state index in [1.807, 2.05) is 25.1 Å². The van der Waals surface area contributed by atoms with E-state index in [-0.39, 0.29) is 36.0 Å². The number of aliphatic hydroxyl groups excluding tert-OH is 1. The summed E-state index contributed by atoms with van der Waals surface area (Å²) in [5, 5.41) is 12.9. The number of nitrogens with zero attached hydrogens (tertiary/aromatic N) is 1. The highest BCUT2D eigenvalue weighted by Crippen LogP contribution is 2.21. The van der Waals surface area contributed by atoms with E-state index in [1.165, 1.54) is 37.7 Å². The van der Waals surface area contributed by atoms with Crippen LogP contribution in [0.25, 0.3) is 0 Å². The number of nitrogens with one attached hydrogen (secondary N) is 1. The summed E-state index contributed by atoms with van der Waals surface area (Å²) in [6, 6.07) is 10.2. The first-order valence-corrected chi connectivity index (χ1v) is 9.40. The molecular weight excluding hydrogens is 425 g/mol. The third-order valence-electron chi connectivity index (χ3n) is 4.22. The molecule has 0 fully saturated rings. The molecule has 0 heterocycles. The summed E-state index contributed by atoms with van der Waals surface area (Å²) in [5.41, 5.74) is 7.17. The summed E-state index contributed by atoms with van der Waals surface area (Å²) in [4.78, 5) is 4.47. The summed E-state index contributed by atoms with van der Waals surface area (Å²) in [7, 11) is 0. The molecule has 5 heteroatoms. The van der Waals surface area contributed by atoms with Crippen molar-refractivity contribution in [2.45, 2.75) is 70.8 Å². The fourth-order valence-corrected chi connectivity index (χ4v) is 2.84. The van der Waals surface area contributed by atoms with Crippen molar-refractivity contribution in [3.05, 3.63) is 35.9 Å². The highest BCUT2D eigenvalue weighted by Gasteiger charge is 2.13. The van der Waals surface area contributed by atoms with Crippen LogP contribution in [0.4, 0.5) is 0 Å². The number of aliphatic hydroxyl groups is 1. The Morgan fingerprint density at radius 1 is 1.12 bits per heavy atom. The number of hydrogen-bond donors (Lipinski definition) is 3. The zero-order valence-electron chi connectivity index (χ0n) is 15.8. The molecule has 4 nitrogen and oxygen atoms in total. The molecule has 0 radical (unpaired) electrons. The van der Waals surface area contributed by atoms with Gasteiger partial charge in [-0.25, -0.2) is 0 Å². The lowest BCUT2D eigenvalue weighted by atomic mass is 9.93. The number of halogens is 1. The molecule has 0 saturated carbocycles. The molecule has 0 aliphatic rings. The highest BCUT2D eigenvalue weighted by molar-refractivity contribution is 14.0. The van der Waals surface area contributed by atoms with Gasteiger partial charge in [0.25, 0.3) is 0 Å². The number of aliphatic imine (C=N–C) groups is 1. The zero-order valence-corrected chi connectivity index (χ0v) is 18.1. The van der Waals surface area contributed by atoms with Gasteiger partial charge < -0.3 is 16.2 Å². The summed E-state index contributed by atoms with van der Waals surface area (Å²) in [6.07, 6.45) is 7.98. The summed E-state index contributed by atoms with van der Waals surface area (Å²) < 4.78 is 0. The Morgan fingerprint density at radius 3 is 2.40 bits per heavy atom. The molecule has 0 amide bonds. The summed E-state index contributed by atoms with van der Waals surface area (Å²) in [5.74, 6) is 0.704. The van der Waals surface area contributed by atoms with E-state index in [0.29, 0.717) is 18.9 Å². The van der Waals surface area contributed by atoms with Gasteiger partial charge in [0.1, 0.15) is 0 Å². The minimum atomic E-state index is -0.345. The van der Waals surface area contributed by atoms with E-state index in [9.17, 15) is 5.11 Å². The highest BCUT2D eigenvalue weighted by atomic mass is 127. The first kappa shape index (κ1) is 24.2. The van der Waals surface area contributed by atoms with Gasteiger partial charge in [-0.3, -0.25) is 4.99 Å². The van der Waals surface area contributed by atoms with Crippen LogP contribution < -0.4 is 11.1 Å². The molecule has 0 bridgehead atoms. The zero-order chi connectivity index (χ0) is 17.6. The Morgan fingerprint density at radius 2 is 1.76 bits per heavy atom. The molecule has 25 heavy (non-hydrogen) atoms. The summed E-state index contributed by atoms with van der Waals surface area (Å²) >= 11 is 0. The van der Waals surface area contributed by atoms with Crippen LogP contribution in [0, 0.1) is 0 Å². The van der Waals surface area contributed by atoms with E-state index >= 15 is 0 Å². The summed E-state index contributed by atoms with van der Waals surface area (Å²) in [6.45, 7) is 5.54. The first-order chi connectivity index (χ1) is 11.6. The van der Waals surface area contributed by atoms with Crippen molar-refractivity contribution in [2.24, 2.45) is 10.7 Å². The molecule has 0 spiro atoms. The van der Waals surface area contributed by atoms with Gasteiger partial charge in [-0.1, -0.05) is 69.4 Å². The maximum Gasteiger partial charge on any atom is 0.188 e. The number of hydrogen-bond acceptors (Lipinski definition) is 2. The molecule has 4 N–H and O–H groups in total. The minimum absolute atomic E-state index is 0. The van der Waals surface area contributed by atoms with Crippen molar-refractivity contribution < 1.29 is 5.11 Å². The minimum Gasteiger partial charge on any atom is -0.393 e. The molecule has 2 unspecified atom stereocenters. The molecule has 0 saturated heterocycles. The Kier molecular flexibility index (Phi) is 14.9. The van der Waals surface area contributed by atoms with Gasteiger partial charge in [0, 0.05) is 19.0 Å².